The van der Waals surface area contributed by atoms with Gasteiger partial charge in [0.2, 0.25) is 0 Å². The lowest BCUT2D eigenvalue weighted by Crippen LogP contribution is -2.29. The topological polar surface area (TPSA) is 119 Å². The van der Waals surface area contributed by atoms with Crippen molar-refractivity contribution in [3.8, 4) is 0 Å². The van der Waals surface area contributed by atoms with E-state index in [0.717, 1.165) is 44.9 Å². The van der Waals surface area contributed by atoms with Crippen LogP contribution >= 0.6 is 7.82 Å². The zero-order chi connectivity index (χ0) is 36.1. The molecule has 8 nitrogen and oxygen atoms in total. The minimum absolute atomic E-state index is 0.211. The Morgan fingerprint density at radius 3 is 1.27 bits per heavy atom. The third kappa shape index (κ3) is 39.4. The predicted octanol–water partition coefficient (Wildman–Crippen LogP) is 12.2. The molecule has 9 heteroatoms. The molecule has 0 saturated carbocycles. The fraction of sp³-hybridized carbons (Fsp3) is 0.900. The second kappa shape index (κ2) is 36.6. The highest BCUT2D eigenvalue weighted by atomic mass is 31.2. The molecule has 0 aliphatic rings. The summed E-state index contributed by atoms with van der Waals surface area (Å²) in [6.07, 6.45) is 39.3. The van der Waals surface area contributed by atoms with Crippen LogP contribution in [0, 0.1) is 0 Å². The van der Waals surface area contributed by atoms with Crippen molar-refractivity contribution < 1.29 is 37.9 Å². The quantitative estimate of drug-likeness (QED) is 0.0280. The van der Waals surface area contributed by atoms with Gasteiger partial charge in [-0.2, -0.15) is 0 Å². The van der Waals surface area contributed by atoms with Gasteiger partial charge in [0.15, 0.2) is 6.10 Å². The normalized spacial score (nSPS) is 12.5. The minimum atomic E-state index is -4.75. The molecule has 0 aromatic carbocycles. The Kier molecular flexibility index (Phi) is 35.7. The number of esters is 2. The van der Waals surface area contributed by atoms with Crippen LogP contribution in [0.25, 0.3) is 0 Å². The number of unbranched alkanes of at least 4 members (excludes halogenated alkanes) is 26. The molecular formula is C40H77O8P. The van der Waals surface area contributed by atoms with Crippen LogP contribution in [-0.2, 0) is 28.2 Å². The Bertz CT molecular complexity index is 812. The van der Waals surface area contributed by atoms with E-state index in [2.05, 4.69) is 30.5 Å². The largest absolute Gasteiger partial charge is 0.469 e. The fourth-order valence-corrected chi connectivity index (χ4v) is 6.32. The number of carbonyl (C=O) groups is 2. The van der Waals surface area contributed by atoms with Crippen molar-refractivity contribution in [1.29, 1.82) is 0 Å². The van der Waals surface area contributed by atoms with E-state index < -0.39 is 32.5 Å². The molecule has 0 aromatic heterocycles. The first-order valence-corrected chi connectivity index (χ1v) is 22.0. The summed E-state index contributed by atoms with van der Waals surface area (Å²) < 4.78 is 26.4. The molecule has 0 heterocycles. The molecular weight excluding hydrogens is 639 g/mol. The van der Waals surface area contributed by atoms with E-state index in [0.29, 0.717) is 6.42 Å². The molecule has 0 fully saturated rings. The Hall–Kier alpha value is -1.21. The SMILES string of the molecule is CCCCCC/C=C/CCCCCCCCCC(=O)O[C@H](COC(=O)CCCCCCCCCCCCCCCCCC)COP(=O)(O)O. The molecule has 0 radical (unpaired) electrons. The van der Waals surface area contributed by atoms with Crippen LogP contribution in [-0.4, -0.2) is 41.0 Å². The highest BCUT2D eigenvalue weighted by Crippen LogP contribution is 2.36. The van der Waals surface area contributed by atoms with Crippen LogP contribution in [0.15, 0.2) is 12.2 Å². The van der Waals surface area contributed by atoms with Crippen LogP contribution in [0.1, 0.15) is 213 Å². The van der Waals surface area contributed by atoms with Crippen molar-refractivity contribution >= 4 is 19.8 Å². The van der Waals surface area contributed by atoms with Gasteiger partial charge in [0.25, 0.3) is 0 Å². The number of hydrogen-bond donors (Lipinski definition) is 2. The first-order chi connectivity index (χ1) is 23.8. The van der Waals surface area contributed by atoms with Crippen LogP contribution in [0.4, 0.5) is 0 Å². The van der Waals surface area contributed by atoms with Gasteiger partial charge in [0.1, 0.15) is 6.61 Å². The number of rotatable bonds is 38. The van der Waals surface area contributed by atoms with Crippen LogP contribution in [0.3, 0.4) is 0 Å². The molecule has 0 amide bonds. The zero-order valence-corrected chi connectivity index (χ0v) is 32.8. The first-order valence-electron chi connectivity index (χ1n) is 20.5. The van der Waals surface area contributed by atoms with E-state index in [-0.39, 0.29) is 19.4 Å². The van der Waals surface area contributed by atoms with Crippen LogP contribution in [0.5, 0.6) is 0 Å². The average molecular weight is 717 g/mol. The van der Waals surface area contributed by atoms with Crippen molar-refractivity contribution in [2.75, 3.05) is 13.2 Å². The lowest BCUT2D eigenvalue weighted by Gasteiger charge is -2.18. The van der Waals surface area contributed by atoms with Crippen molar-refractivity contribution in [2.45, 2.75) is 219 Å². The Labute approximate surface area is 301 Å². The van der Waals surface area contributed by atoms with Crippen LogP contribution < -0.4 is 0 Å². The lowest BCUT2D eigenvalue weighted by molar-refractivity contribution is -0.161. The van der Waals surface area contributed by atoms with Gasteiger partial charge in [0, 0.05) is 12.8 Å². The summed E-state index contributed by atoms with van der Waals surface area (Å²) in [7, 11) is -4.75. The summed E-state index contributed by atoms with van der Waals surface area (Å²) in [5.41, 5.74) is 0. The number of hydrogen-bond acceptors (Lipinski definition) is 6. The van der Waals surface area contributed by atoms with E-state index in [1.165, 1.54) is 135 Å². The van der Waals surface area contributed by atoms with Gasteiger partial charge in [0.05, 0.1) is 6.61 Å². The van der Waals surface area contributed by atoms with Gasteiger partial charge in [-0.05, 0) is 38.5 Å². The van der Waals surface area contributed by atoms with Crippen molar-refractivity contribution in [1.82, 2.24) is 0 Å². The minimum Gasteiger partial charge on any atom is -0.462 e. The van der Waals surface area contributed by atoms with Gasteiger partial charge < -0.3 is 19.3 Å². The zero-order valence-electron chi connectivity index (χ0n) is 31.9. The molecule has 0 aliphatic carbocycles. The summed E-state index contributed by atoms with van der Waals surface area (Å²) in [6.45, 7) is 3.69. The van der Waals surface area contributed by atoms with Gasteiger partial charge in [-0.25, -0.2) is 4.57 Å². The smallest absolute Gasteiger partial charge is 0.462 e. The highest BCUT2D eigenvalue weighted by molar-refractivity contribution is 7.46. The maximum absolute atomic E-state index is 12.4. The van der Waals surface area contributed by atoms with Gasteiger partial charge in [-0.15, -0.1) is 0 Å². The maximum Gasteiger partial charge on any atom is 0.469 e. The molecule has 0 bridgehead atoms. The van der Waals surface area contributed by atoms with Crippen molar-refractivity contribution in [3.63, 3.8) is 0 Å². The van der Waals surface area contributed by atoms with Crippen LogP contribution in [0.2, 0.25) is 0 Å². The van der Waals surface area contributed by atoms with Gasteiger partial charge in [-0.3, -0.25) is 14.1 Å². The predicted molar refractivity (Wildman–Crippen MR) is 202 cm³/mol. The Morgan fingerprint density at radius 2 is 0.857 bits per heavy atom. The third-order valence-corrected chi connectivity index (χ3v) is 9.52. The van der Waals surface area contributed by atoms with E-state index in [1.54, 1.807) is 0 Å². The van der Waals surface area contributed by atoms with E-state index in [1.807, 2.05) is 0 Å². The Morgan fingerprint density at radius 1 is 0.510 bits per heavy atom. The Balaban J connectivity index is 3.90. The number of carbonyl (C=O) groups excluding carboxylic acids is 2. The standard InChI is InChI=1S/C40H77O8P/c1-3-5-7-9-11-13-15-17-19-21-22-24-26-28-30-32-34-39(41)46-36-38(37-47-49(43,44)45)48-40(42)35-33-31-29-27-25-23-20-18-16-14-12-10-8-6-4-2/h14,16,38H,3-13,15,17-37H2,1-2H3,(H2,43,44,45)/b16-14+/t38-/m1/s1. The fourth-order valence-electron chi connectivity index (χ4n) is 5.96. The molecule has 0 spiro atoms. The number of phosphoric ester groups is 1. The molecule has 0 unspecified atom stereocenters. The average Bonchev–Trinajstić information content (AvgIpc) is 3.07. The number of ether oxygens (including phenoxy) is 2. The monoisotopic (exact) mass is 717 g/mol. The molecule has 0 rings (SSSR count). The first kappa shape index (κ1) is 47.8. The summed E-state index contributed by atoms with van der Waals surface area (Å²) in [5.74, 6) is -0.879. The highest BCUT2D eigenvalue weighted by Gasteiger charge is 2.22. The molecule has 0 aliphatic heterocycles. The molecule has 0 aromatic rings. The molecule has 1 atom stereocenters. The lowest BCUT2D eigenvalue weighted by atomic mass is 10.0. The van der Waals surface area contributed by atoms with E-state index in [4.69, 9.17) is 19.3 Å². The number of phosphoric acid groups is 1. The summed E-state index contributed by atoms with van der Waals surface area (Å²) in [6, 6.07) is 0. The van der Waals surface area contributed by atoms with Crippen molar-refractivity contribution in [2.24, 2.45) is 0 Å². The number of allylic oxidation sites excluding steroid dienone is 2. The molecule has 2 N–H and O–H groups in total. The van der Waals surface area contributed by atoms with Crippen molar-refractivity contribution in [3.05, 3.63) is 12.2 Å². The second-order valence-electron chi connectivity index (χ2n) is 14.0. The molecule has 49 heavy (non-hydrogen) atoms. The maximum atomic E-state index is 12.4. The van der Waals surface area contributed by atoms with E-state index >= 15 is 0 Å². The van der Waals surface area contributed by atoms with E-state index in [9.17, 15) is 14.2 Å². The molecule has 290 valence electrons. The summed E-state index contributed by atoms with van der Waals surface area (Å²) >= 11 is 0. The summed E-state index contributed by atoms with van der Waals surface area (Å²) in [4.78, 5) is 42.8. The van der Waals surface area contributed by atoms with Gasteiger partial charge >= 0.3 is 19.8 Å². The van der Waals surface area contributed by atoms with Gasteiger partial charge in [-0.1, -0.05) is 174 Å². The third-order valence-electron chi connectivity index (χ3n) is 9.03. The second-order valence-corrected chi connectivity index (χ2v) is 15.2. The summed E-state index contributed by atoms with van der Waals surface area (Å²) in [5, 5.41) is 0. The molecule has 0 saturated heterocycles.